The Morgan fingerprint density at radius 3 is 2.33 bits per heavy atom. The van der Waals surface area contributed by atoms with Crippen LogP contribution in [0.25, 0.3) is 6.08 Å². The molecule has 1 aromatic rings. The number of thiophene rings is 1. The molecule has 1 aromatic heterocycles. The Morgan fingerprint density at radius 2 is 1.89 bits per heavy atom. The van der Waals surface area contributed by atoms with Crippen molar-refractivity contribution in [2.24, 2.45) is 11.8 Å². The number of hydrogen-bond acceptors (Lipinski definition) is 2. The average Bonchev–Trinajstić information content (AvgIpc) is 2.76. The second-order valence-electron chi connectivity index (χ2n) is 5.38. The van der Waals surface area contributed by atoms with E-state index >= 15 is 0 Å². The summed E-state index contributed by atoms with van der Waals surface area (Å²) in [6.07, 6.45) is 3.59. The summed E-state index contributed by atoms with van der Waals surface area (Å²) in [4.78, 5) is 15.2. The van der Waals surface area contributed by atoms with Crippen LogP contribution in [0.15, 0.2) is 23.6 Å². The van der Waals surface area contributed by atoms with Crippen LogP contribution in [0.4, 0.5) is 0 Å². The Kier molecular flexibility index (Phi) is 6.13. The Hall–Kier alpha value is -1.09. The van der Waals surface area contributed by atoms with Crippen LogP contribution >= 0.6 is 11.3 Å². The molecule has 0 bridgehead atoms. The third-order valence-corrected chi connectivity index (χ3v) is 3.25. The van der Waals surface area contributed by atoms with E-state index in [0.717, 1.165) is 18.0 Å². The predicted molar refractivity (Wildman–Crippen MR) is 79.6 cm³/mol. The molecular weight excluding hydrogens is 242 g/mol. The van der Waals surface area contributed by atoms with Gasteiger partial charge in [0, 0.05) is 24.0 Å². The van der Waals surface area contributed by atoms with Gasteiger partial charge in [-0.3, -0.25) is 4.79 Å². The number of carbonyl (C=O) groups is 1. The van der Waals surface area contributed by atoms with Gasteiger partial charge in [-0.1, -0.05) is 33.8 Å². The molecule has 0 spiro atoms. The van der Waals surface area contributed by atoms with Crippen molar-refractivity contribution in [1.29, 1.82) is 0 Å². The molecular formula is C15H23NOS. The van der Waals surface area contributed by atoms with E-state index in [2.05, 4.69) is 27.7 Å². The zero-order chi connectivity index (χ0) is 13.5. The molecule has 0 atom stereocenters. The van der Waals surface area contributed by atoms with E-state index in [1.807, 2.05) is 28.5 Å². The highest BCUT2D eigenvalue weighted by molar-refractivity contribution is 7.10. The van der Waals surface area contributed by atoms with E-state index < -0.39 is 0 Å². The lowest BCUT2D eigenvalue weighted by atomic mass is 10.1. The first-order chi connectivity index (χ1) is 8.49. The summed E-state index contributed by atoms with van der Waals surface area (Å²) in [5.74, 6) is 1.12. The lowest BCUT2D eigenvalue weighted by Crippen LogP contribution is -2.35. The SMILES string of the molecule is CC(C)CN(CC(C)C)C(=O)C=Cc1cccs1. The number of hydrogen-bond donors (Lipinski definition) is 0. The number of rotatable bonds is 6. The Morgan fingerprint density at radius 1 is 1.28 bits per heavy atom. The van der Waals surface area contributed by atoms with Gasteiger partial charge in [0.05, 0.1) is 0 Å². The van der Waals surface area contributed by atoms with Crippen LogP contribution in [0.1, 0.15) is 32.6 Å². The third kappa shape index (κ3) is 5.50. The molecule has 1 heterocycles. The van der Waals surface area contributed by atoms with Gasteiger partial charge in [0.15, 0.2) is 0 Å². The predicted octanol–water partition coefficient (Wildman–Crippen LogP) is 3.90. The number of nitrogens with zero attached hydrogens (tertiary/aromatic N) is 1. The van der Waals surface area contributed by atoms with Crippen LogP contribution < -0.4 is 0 Å². The van der Waals surface area contributed by atoms with Gasteiger partial charge < -0.3 is 4.90 Å². The molecule has 1 amide bonds. The second kappa shape index (κ2) is 7.37. The van der Waals surface area contributed by atoms with Gasteiger partial charge in [-0.15, -0.1) is 11.3 Å². The summed E-state index contributed by atoms with van der Waals surface area (Å²) in [7, 11) is 0. The topological polar surface area (TPSA) is 20.3 Å². The van der Waals surface area contributed by atoms with E-state index in [1.165, 1.54) is 0 Å². The summed E-state index contributed by atoms with van der Waals surface area (Å²) in [6, 6.07) is 4.01. The zero-order valence-electron chi connectivity index (χ0n) is 11.7. The van der Waals surface area contributed by atoms with E-state index in [-0.39, 0.29) is 5.91 Å². The van der Waals surface area contributed by atoms with E-state index in [1.54, 1.807) is 17.4 Å². The molecule has 3 heteroatoms. The van der Waals surface area contributed by atoms with Crippen molar-refractivity contribution in [1.82, 2.24) is 4.90 Å². The lowest BCUT2D eigenvalue weighted by molar-refractivity contribution is -0.127. The van der Waals surface area contributed by atoms with Crippen LogP contribution in [0.2, 0.25) is 0 Å². The first-order valence-corrected chi connectivity index (χ1v) is 7.37. The van der Waals surface area contributed by atoms with Gasteiger partial charge in [-0.25, -0.2) is 0 Å². The monoisotopic (exact) mass is 265 g/mol. The maximum absolute atomic E-state index is 12.2. The van der Waals surface area contributed by atoms with Gasteiger partial charge in [0.25, 0.3) is 0 Å². The summed E-state index contributed by atoms with van der Waals surface area (Å²) >= 11 is 1.65. The minimum absolute atomic E-state index is 0.116. The first kappa shape index (κ1) is 15.0. The van der Waals surface area contributed by atoms with Crippen molar-refractivity contribution >= 4 is 23.3 Å². The molecule has 0 fully saturated rings. The molecule has 0 saturated heterocycles. The molecule has 0 saturated carbocycles. The quantitative estimate of drug-likeness (QED) is 0.714. The van der Waals surface area contributed by atoms with Gasteiger partial charge >= 0.3 is 0 Å². The van der Waals surface area contributed by atoms with Gasteiger partial charge in [0.2, 0.25) is 5.91 Å². The minimum atomic E-state index is 0.116. The standard InChI is InChI=1S/C15H23NOS/c1-12(2)10-16(11-13(3)4)15(17)8-7-14-6-5-9-18-14/h5-9,12-13H,10-11H2,1-4H3. The molecule has 1 rings (SSSR count). The van der Waals surface area contributed by atoms with Crippen LogP contribution in [0, 0.1) is 11.8 Å². The fraction of sp³-hybridized carbons (Fsp3) is 0.533. The highest BCUT2D eigenvalue weighted by Gasteiger charge is 2.13. The van der Waals surface area contributed by atoms with Crippen molar-refractivity contribution in [3.8, 4) is 0 Å². The molecule has 0 unspecified atom stereocenters. The smallest absolute Gasteiger partial charge is 0.246 e. The molecule has 18 heavy (non-hydrogen) atoms. The van der Waals surface area contributed by atoms with Crippen molar-refractivity contribution in [3.05, 3.63) is 28.5 Å². The Balaban J connectivity index is 2.63. The Bertz CT molecular complexity index is 369. The second-order valence-corrected chi connectivity index (χ2v) is 6.36. The zero-order valence-corrected chi connectivity index (χ0v) is 12.5. The van der Waals surface area contributed by atoms with Crippen molar-refractivity contribution in [3.63, 3.8) is 0 Å². The van der Waals surface area contributed by atoms with Crippen molar-refractivity contribution < 1.29 is 4.79 Å². The fourth-order valence-electron chi connectivity index (χ4n) is 1.78. The molecule has 100 valence electrons. The van der Waals surface area contributed by atoms with Crippen LogP contribution in [0.5, 0.6) is 0 Å². The van der Waals surface area contributed by atoms with E-state index in [4.69, 9.17) is 0 Å². The van der Waals surface area contributed by atoms with Crippen LogP contribution in [-0.2, 0) is 4.79 Å². The lowest BCUT2D eigenvalue weighted by Gasteiger charge is -2.25. The number of amides is 1. The third-order valence-electron chi connectivity index (χ3n) is 2.42. The fourth-order valence-corrected chi connectivity index (χ4v) is 2.40. The summed E-state index contributed by atoms with van der Waals surface area (Å²) in [5.41, 5.74) is 0. The van der Waals surface area contributed by atoms with Crippen molar-refractivity contribution in [2.75, 3.05) is 13.1 Å². The van der Waals surface area contributed by atoms with Gasteiger partial charge in [-0.05, 0) is 29.4 Å². The van der Waals surface area contributed by atoms with Crippen LogP contribution in [0.3, 0.4) is 0 Å². The Labute approximate surface area is 114 Å². The maximum Gasteiger partial charge on any atom is 0.246 e. The maximum atomic E-state index is 12.2. The van der Waals surface area contributed by atoms with Crippen LogP contribution in [-0.4, -0.2) is 23.9 Å². The largest absolute Gasteiger partial charge is 0.339 e. The summed E-state index contributed by atoms with van der Waals surface area (Å²) < 4.78 is 0. The van der Waals surface area contributed by atoms with E-state index in [9.17, 15) is 4.79 Å². The molecule has 0 aliphatic rings. The molecule has 0 aromatic carbocycles. The molecule has 0 aliphatic heterocycles. The van der Waals surface area contributed by atoms with Crippen molar-refractivity contribution in [2.45, 2.75) is 27.7 Å². The highest BCUT2D eigenvalue weighted by Crippen LogP contribution is 2.11. The average molecular weight is 265 g/mol. The number of carbonyl (C=O) groups excluding carboxylic acids is 1. The molecule has 0 N–H and O–H groups in total. The van der Waals surface area contributed by atoms with E-state index in [0.29, 0.717) is 11.8 Å². The first-order valence-electron chi connectivity index (χ1n) is 6.49. The summed E-state index contributed by atoms with van der Waals surface area (Å²) in [6.45, 7) is 10.2. The molecule has 0 aliphatic carbocycles. The minimum Gasteiger partial charge on any atom is -0.339 e. The summed E-state index contributed by atoms with van der Waals surface area (Å²) in [5, 5.41) is 2.02. The highest BCUT2D eigenvalue weighted by atomic mass is 32.1. The van der Waals surface area contributed by atoms with Gasteiger partial charge in [0.1, 0.15) is 0 Å². The van der Waals surface area contributed by atoms with Gasteiger partial charge in [-0.2, -0.15) is 0 Å². The molecule has 0 radical (unpaired) electrons. The molecule has 2 nitrogen and oxygen atoms in total. The normalized spacial score (nSPS) is 11.7.